The van der Waals surface area contributed by atoms with E-state index < -0.39 is 0 Å². The lowest BCUT2D eigenvalue weighted by atomic mass is 10.00. The van der Waals surface area contributed by atoms with Gasteiger partial charge in [-0.2, -0.15) is 0 Å². The first-order valence-corrected chi connectivity index (χ1v) is 6.59. The van der Waals surface area contributed by atoms with Gasteiger partial charge in [-0.3, -0.25) is 9.69 Å². The molecule has 0 aromatic carbocycles. The molecular formula is C12H24N4O. The number of carbonyl (C=O) groups is 1. The van der Waals surface area contributed by atoms with E-state index in [1.807, 2.05) is 0 Å². The van der Waals surface area contributed by atoms with Crippen molar-refractivity contribution in [2.24, 2.45) is 0 Å². The Morgan fingerprint density at radius 1 is 1.29 bits per heavy atom. The molecular weight excluding hydrogens is 216 g/mol. The van der Waals surface area contributed by atoms with Crippen LogP contribution < -0.4 is 10.6 Å². The molecule has 0 spiro atoms. The average molecular weight is 240 g/mol. The van der Waals surface area contributed by atoms with Crippen molar-refractivity contribution in [1.29, 1.82) is 0 Å². The Hall–Kier alpha value is -0.650. The topological polar surface area (TPSA) is 47.6 Å². The van der Waals surface area contributed by atoms with Crippen LogP contribution >= 0.6 is 0 Å². The highest BCUT2D eigenvalue weighted by Gasteiger charge is 2.34. The smallest absolute Gasteiger partial charge is 0.238 e. The highest BCUT2D eigenvalue weighted by Crippen LogP contribution is 2.19. The number of likely N-dealkylation sites (tertiary alicyclic amines) is 1. The Bertz CT molecular complexity index is 263. The van der Waals surface area contributed by atoms with E-state index in [9.17, 15) is 4.79 Å². The molecule has 0 radical (unpaired) electrons. The van der Waals surface area contributed by atoms with Crippen molar-refractivity contribution in [2.45, 2.75) is 24.9 Å². The van der Waals surface area contributed by atoms with Gasteiger partial charge in [0.25, 0.3) is 0 Å². The molecule has 2 saturated heterocycles. The highest BCUT2D eigenvalue weighted by molar-refractivity contribution is 5.81. The zero-order chi connectivity index (χ0) is 12.3. The number of piperidine rings is 1. The molecule has 0 saturated carbocycles. The van der Waals surface area contributed by atoms with E-state index in [1.54, 1.807) is 7.05 Å². The van der Waals surface area contributed by atoms with Crippen molar-refractivity contribution in [3.8, 4) is 0 Å². The third-order valence-corrected chi connectivity index (χ3v) is 3.99. The predicted octanol–water partition coefficient (Wildman–Crippen LogP) is -0.900. The largest absolute Gasteiger partial charge is 0.358 e. The number of carbonyl (C=O) groups excluding carboxylic acids is 1. The van der Waals surface area contributed by atoms with E-state index in [4.69, 9.17) is 0 Å². The maximum Gasteiger partial charge on any atom is 0.238 e. The molecule has 5 nitrogen and oxygen atoms in total. The zero-order valence-electron chi connectivity index (χ0n) is 10.9. The molecule has 2 rings (SSSR count). The van der Waals surface area contributed by atoms with Crippen molar-refractivity contribution in [3.63, 3.8) is 0 Å². The SMILES string of the molecule is CNC(=O)C1CNCCN1C1CCN(C)CC1. The first-order chi connectivity index (χ1) is 8.22. The summed E-state index contributed by atoms with van der Waals surface area (Å²) in [5.74, 6) is 0.149. The summed E-state index contributed by atoms with van der Waals surface area (Å²) in [5.41, 5.74) is 0. The standard InChI is InChI=1S/C12H24N4O/c1-13-12(17)11-9-14-5-8-16(11)10-3-6-15(2)7-4-10/h10-11,14H,3-9H2,1-2H3,(H,13,17). The third kappa shape index (κ3) is 2.97. The van der Waals surface area contributed by atoms with Gasteiger partial charge in [0.05, 0.1) is 0 Å². The molecule has 2 N–H and O–H groups in total. The summed E-state index contributed by atoms with van der Waals surface area (Å²) in [6, 6.07) is 0.595. The van der Waals surface area contributed by atoms with Gasteiger partial charge in [-0.25, -0.2) is 0 Å². The normalized spacial score (nSPS) is 29.2. The maximum absolute atomic E-state index is 11.9. The second-order valence-electron chi connectivity index (χ2n) is 5.11. The number of amides is 1. The molecule has 0 aliphatic carbocycles. The zero-order valence-corrected chi connectivity index (χ0v) is 10.9. The fourth-order valence-electron chi connectivity index (χ4n) is 2.89. The van der Waals surface area contributed by atoms with E-state index in [-0.39, 0.29) is 11.9 Å². The van der Waals surface area contributed by atoms with Gasteiger partial charge in [0.15, 0.2) is 0 Å². The van der Waals surface area contributed by atoms with E-state index in [2.05, 4.69) is 27.5 Å². The van der Waals surface area contributed by atoms with Crippen LogP contribution in [-0.2, 0) is 4.79 Å². The Kier molecular flexibility index (Phi) is 4.36. The van der Waals surface area contributed by atoms with Gasteiger partial charge in [0, 0.05) is 32.7 Å². The Morgan fingerprint density at radius 3 is 2.65 bits per heavy atom. The molecule has 2 fully saturated rings. The van der Waals surface area contributed by atoms with Crippen LogP contribution in [0.4, 0.5) is 0 Å². The van der Waals surface area contributed by atoms with Gasteiger partial charge in [0.1, 0.15) is 6.04 Å². The molecule has 98 valence electrons. The first kappa shape index (κ1) is 12.8. The summed E-state index contributed by atoms with van der Waals surface area (Å²) < 4.78 is 0. The monoisotopic (exact) mass is 240 g/mol. The fourth-order valence-corrected chi connectivity index (χ4v) is 2.89. The molecule has 0 aromatic heterocycles. The van der Waals surface area contributed by atoms with Crippen LogP contribution in [0.5, 0.6) is 0 Å². The van der Waals surface area contributed by atoms with Crippen molar-refractivity contribution in [2.75, 3.05) is 46.8 Å². The molecule has 2 aliphatic heterocycles. The van der Waals surface area contributed by atoms with Crippen LogP contribution in [0.1, 0.15) is 12.8 Å². The molecule has 17 heavy (non-hydrogen) atoms. The van der Waals surface area contributed by atoms with E-state index in [0.29, 0.717) is 6.04 Å². The van der Waals surface area contributed by atoms with Crippen LogP contribution in [-0.4, -0.2) is 74.6 Å². The van der Waals surface area contributed by atoms with Crippen LogP contribution in [0.3, 0.4) is 0 Å². The van der Waals surface area contributed by atoms with Gasteiger partial charge < -0.3 is 15.5 Å². The van der Waals surface area contributed by atoms with Crippen LogP contribution in [0.15, 0.2) is 0 Å². The van der Waals surface area contributed by atoms with Gasteiger partial charge in [-0.05, 0) is 33.0 Å². The number of rotatable bonds is 2. The number of nitrogens with one attached hydrogen (secondary N) is 2. The summed E-state index contributed by atoms with van der Waals surface area (Å²) in [5, 5.41) is 6.10. The Morgan fingerprint density at radius 2 is 2.00 bits per heavy atom. The number of piperazine rings is 1. The van der Waals surface area contributed by atoms with Gasteiger partial charge in [-0.15, -0.1) is 0 Å². The lowest BCUT2D eigenvalue weighted by Gasteiger charge is -2.43. The summed E-state index contributed by atoms with van der Waals surface area (Å²) in [7, 11) is 3.90. The fraction of sp³-hybridized carbons (Fsp3) is 0.917. The minimum atomic E-state index is 0.0159. The van der Waals surface area contributed by atoms with Crippen LogP contribution in [0.2, 0.25) is 0 Å². The summed E-state index contributed by atoms with van der Waals surface area (Å²) in [4.78, 5) is 16.7. The van der Waals surface area contributed by atoms with Gasteiger partial charge >= 0.3 is 0 Å². The summed E-state index contributed by atoms with van der Waals surface area (Å²) in [6.45, 7) is 5.07. The second kappa shape index (κ2) is 5.80. The lowest BCUT2D eigenvalue weighted by molar-refractivity contribution is -0.128. The Labute approximate surface area is 104 Å². The number of likely N-dealkylation sites (N-methyl/N-ethyl adjacent to an activating group) is 1. The first-order valence-electron chi connectivity index (χ1n) is 6.59. The van der Waals surface area contributed by atoms with E-state index in [1.165, 1.54) is 12.8 Å². The summed E-state index contributed by atoms with van der Waals surface area (Å²) in [6.07, 6.45) is 2.37. The molecule has 1 atom stereocenters. The van der Waals surface area contributed by atoms with Gasteiger partial charge in [-0.1, -0.05) is 0 Å². The lowest BCUT2D eigenvalue weighted by Crippen LogP contribution is -2.61. The minimum absolute atomic E-state index is 0.0159. The molecule has 0 bridgehead atoms. The van der Waals surface area contributed by atoms with Gasteiger partial charge in [0.2, 0.25) is 5.91 Å². The van der Waals surface area contributed by atoms with Crippen LogP contribution in [0.25, 0.3) is 0 Å². The molecule has 0 aromatic rings. The Balaban J connectivity index is 1.98. The van der Waals surface area contributed by atoms with Crippen LogP contribution in [0, 0.1) is 0 Å². The number of hydrogen-bond donors (Lipinski definition) is 2. The molecule has 2 aliphatic rings. The van der Waals surface area contributed by atoms with Crippen molar-refractivity contribution in [3.05, 3.63) is 0 Å². The van der Waals surface area contributed by atoms with Crippen molar-refractivity contribution >= 4 is 5.91 Å². The maximum atomic E-state index is 11.9. The average Bonchev–Trinajstić information content (AvgIpc) is 2.39. The van der Waals surface area contributed by atoms with Crippen molar-refractivity contribution in [1.82, 2.24) is 20.4 Å². The van der Waals surface area contributed by atoms with Crippen molar-refractivity contribution < 1.29 is 4.79 Å². The minimum Gasteiger partial charge on any atom is -0.358 e. The molecule has 1 unspecified atom stereocenters. The molecule has 1 amide bonds. The van der Waals surface area contributed by atoms with E-state index in [0.717, 1.165) is 32.7 Å². The highest BCUT2D eigenvalue weighted by atomic mass is 16.2. The molecule has 5 heteroatoms. The summed E-state index contributed by atoms with van der Waals surface area (Å²) >= 11 is 0. The second-order valence-corrected chi connectivity index (χ2v) is 5.11. The number of hydrogen-bond acceptors (Lipinski definition) is 4. The predicted molar refractivity (Wildman–Crippen MR) is 67.9 cm³/mol. The van der Waals surface area contributed by atoms with E-state index >= 15 is 0 Å². The quantitative estimate of drug-likeness (QED) is 0.657. The molecule has 2 heterocycles. The third-order valence-electron chi connectivity index (χ3n) is 3.99. The number of nitrogens with zero attached hydrogens (tertiary/aromatic N) is 2.